The first kappa shape index (κ1) is 18.6. The van der Waals surface area contributed by atoms with Gasteiger partial charge in [0.15, 0.2) is 5.17 Å². The molecule has 0 bridgehead atoms. The molecule has 0 aliphatic carbocycles. The number of hydrogen-bond acceptors (Lipinski definition) is 5. The Labute approximate surface area is 160 Å². The van der Waals surface area contributed by atoms with Crippen molar-refractivity contribution in [2.75, 3.05) is 0 Å². The molecule has 1 fully saturated rings. The van der Waals surface area contributed by atoms with E-state index in [9.17, 15) is 14.9 Å². The van der Waals surface area contributed by atoms with Crippen molar-refractivity contribution < 1.29 is 9.72 Å². The van der Waals surface area contributed by atoms with Crippen LogP contribution in [0.25, 0.3) is 6.08 Å². The van der Waals surface area contributed by atoms with E-state index in [0.29, 0.717) is 15.6 Å². The molecule has 0 unspecified atom stereocenters. The van der Waals surface area contributed by atoms with Gasteiger partial charge in [-0.05, 0) is 55.0 Å². The predicted octanol–water partition coefficient (Wildman–Crippen LogP) is 4.66. The molecule has 1 heterocycles. The summed E-state index contributed by atoms with van der Waals surface area (Å²) >= 11 is 1.24. The van der Waals surface area contributed by atoms with Gasteiger partial charge in [-0.1, -0.05) is 36.4 Å². The highest BCUT2D eigenvalue weighted by Crippen LogP contribution is 2.29. The second-order valence-electron chi connectivity index (χ2n) is 5.92. The first-order chi connectivity index (χ1) is 13.0. The zero-order valence-corrected chi connectivity index (χ0v) is 15.6. The molecule has 1 saturated heterocycles. The number of nitro groups is 1. The van der Waals surface area contributed by atoms with Gasteiger partial charge < -0.3 is 5.32 Å². The molecule has 0 spiro atoms. The number of aryl methyl sites for hydroxylation is 2. The van der Waals surface area contributed by atoms with Crippen molar-refractivity contribution in [3.63, 3.8) is 0 Å². The summed E-state index contributed by atoms with van der Waals surface area (Å²) in [5, 5.41) is 14.3. The van der Waals surface area contributed by atoms with Gasteiger partial charge in [0.2, 0.25) is 0 Å². The van der Waals surface area contributed by atoms with Crippen LogP contribution in [0.15, 0.2) is 64.5 Å². The lowest BCUT2D eigenvalue weighted by atomic mass is 10.1. The van der Waals surface area contributed by atoms with E-state index in [0.717, 1.165) is 16.8 Å². The largest absolute Gasteiger partial charge is 0.300 e. The molecule has 0 atom stereocenters. The van der Waals surface area contributed by atoms with Crippen molar-refractivity contribution in [1.29, 1.82) is 0 Å². The van der Waals surface area contributed by atoms with Gasteiger partial charge in [0.05, 0.1) is 21.1 Å². The third-order valence-electron chi connectivity index (χ3n) is 3.96. The second kappa shape index (κ2) is 8.01. The summed E-state index contributed by atoms with van der Waals surface area (Å²) in [4.78, 5) is 27.8. The number of para-hydroxylation sites is 2. The third kappa shape index (κ3) is 4.32. The smallest absolute Gasteiger partial charge is 0.276 e. The fraction of sp³-hybridized carbons (Fsp3) is 0.100. The van der Waals surface area contributed by atoms with E-state index in [-0.39, 0.29) is 11.6 Å². The maximum Gasteiger partial charge on any atom is 0.276 e. The Hall–Kier alpha value is -3.19. The van der Waals surface area contributed by atoms with Gasteiger partial charge in [-0.25, -0.2) is 4.99 Å². The summed E-state index contributed by atoms with van der Waals surface area (Å²) in [7, 11) is 0. The summed E-state index contributed by atoms with van der Waals surface area (Å²) in [5.41, 5.74) is 3.41. The van der Waals surface area contributed by atoms with Crippen molar-refractivity contribution in [3.8, 4) is 0 Å². The first-order valence-corrected chi connectivity index (χ1v) is 9.03. The molecule has 6 nitrogen and oxygen atoms in total. The molecule has 136 valence electrons. The van der Waals surface area contributed by atoms with E-state index in [1.165, 1.54) is 17.8 Å². The Balaban J connectivity index is 1.80. The molecule has 1 N–H and O–H groups in total. The van der Waals surface area contributed by atoms with E-state index >= 15 is 0 Å². The van der Waals surface area contributed by atoms with Gasteiger partial charge in [-0.15, -0.1) is 0 Å². The number of amides is 1. The van der Waals surface area contributed by atoms with E-state index in [1.807, 2.05) is 32.0 Å². The number of amidine groups is 1. The Morgan fingerprint density at radius 3 is 2.52 bits per heavy atom. The van der Waals surface area contributed by atoms with Gasteiger partial charge in [0.25, 0.3) is 11.6 Å². The summed E-state index contributed by atoms with van der Waals surface area (Å²) in [6.45, 7) is 3.94. The van der Waals surface area contributed by atoms with Crippen molar-refractivity contribution in [1.82, 2.24) is 5.32 Å². The van der Waals surface area contributed by atoms with Gasteiger partial charge in [-0.3, -0.25) is 14.9 Å². The van der Waals surface area contributed by atoms with Gasteiger partial charge in [-0.2, -0.15) is 0 Å². The average molecular weight is 379 g/mol. The maximum absolute atomic E-state index is 12.1. The molecule has 7 heteroatoms. The lowest BCUT2D eigenvalue weighted by Gasteiger charge is -2.04. The fourth-order valence-corrected chi connectivity index (χ4v) is 3.39. The van der Waals surface area contributed by atoms with Crippen LogP contribution in [0.1, 0.15) is 16.7 Å². The number of thioether (sulfide) groups is 1. The second-order valence-corrected chi connectivity index (χ2v) is 6.95. The van der Waals surface area contributed by atoms with Crippen LogP contribution >= 0.6 is 11.8 Å². The summed E-state index contributed by atoms with van der Waals surface area (Å²) in [6, 6.07) is 12.4. The monoisotopic (exact) mass is 379 g/mol. The van der Waals surface area contributed by atoms with Crippen LogP contribution in [-0.2, 0) is 4.79 Å². The summed E-state index contributed by atoms with van der Waals surface area (Å²) in [6.07, 6.45) is 4.87. The minimum absolute atomic E-state index is 0.0213. The fourth-order valence-electron chi connectivity index (χ4n) is 2.61. The highest BCUT2D eigenvalue weighted by atomic mass is 32.2. The zero-order valence-electron chi connectivity index (χ0n) is 14.8. The number of rotatable bonds is 4. The van der Waals surface area contributed by atoms with Crippen LogP contribution in [0.2, 0.25) is 0 Å². The van der Waals surface area contributed by atoms with E-state index < -0.39 is 4.92 Å². The summed E-state index contributed by atoms with van der Waals surface area (Å²) in [5.74, 6) is -0.239. The normalized spacial score (nSPS) is 17.0. The van der Waals surface area contributed by atoms with E-state index in [2.05, 4.69) is 10.3 Å². The number of carbonyl (C=O) groups excluding carboxylic acids is 1. The van der Waals surface area contributed by atoms with Crippen LogP contribution in [-0.4, -0.2) is 16.0 Å². The molecule has 0 radical (unpaired) electrons. The molecule has 1 aliphatic heterocycles. The van der Waals surface area contributed by atoms with Crippen molar-refractivity contribution in [3.05, 3.63) is 86.3 Å². The Kier molecular flexibility index (Phi) is 5.52. The van der Waals surface area contributed by atoms with Crippen LogP contribution in [0.3, 0.4) is 0 Å². The number of hydrogen-bond donors (Lipinski definition) is 1. The lowest BCUT2D eigenvalue weighted by Crippen LogP contribution is -2.19. The quantitative estimate of drug-likeness (QED) is 0.476. The highest BCUT2D eigenvalue weighted by molar-refractivity contribution is 8.18. The number of carbonyl (C=O) groups is 1. The molecular formula is C20H17N3O3S. The SMILES string of the molecule is Cc1cccc(C)c1N=C1NC(=O)/C(=C\C=C\c2ccccc2[N+](=O)[O-])S1. The minimum atomic E-state index is -0.431. The number of allylic oxidation sites excluding steroid dienone is 2. The Bertz CT molecular complexity index is 989. The highest BCUT2D eigenvalue weighted by Gasteiger charge is 2.23. The molecular weight excluding hydrogens is 362 g/mol. The number of aliphatic imine (C=N–C) groups is 1. The van der Waals surface area contributed by atoms with Crippen LogP contribution in [0, 0.1) is 24.0 Å². The third-order valence-corrected chi connectivity index (χ3v) is 4.89. The topological polar surface area (TPSA) is 84.6 Å². The van der Waals surface area contributed by atoms with E-state index in [4.69, 9.17) is 0 Å². The van der Waals surface area contributed by atoms with E-state index in [1.54, 1.807) is 36.4 Å². The summed E-state index contributed by atoms with van der Waals surface area (Å²) < 4.78 is 0. The zero-order chi connectivity index (χ0) is 19.4. The predicted molar refractivity (Wildman–Crippen MR) is 109 cm³/mol. The average Bonchev–Trinajstić information content (AvgIpc) is 2.98. The van der Waals surface area contributed by atoms with Gasteiger partial charge in [0.1, 0.15) is 0 Å². The van der Waals surface area contributed by atoms with Gasteiger partial charge >= 0.3 is 0 Å². The van der Waals surface area contributed by atoms with Gasteiger partial charge in [0, 0.05) is 6.07 Å². The van der Waals surface area contributed by atoms with Crippen molar-refractivity contribution in [2.24, 2.45) is 4.99 Å². The van der Waals surface area contributed by atoms with Crippen LogP contribution in [0.4, 0.5) is 11.4 Å². The maximum atomic E-state index is 12.1. The minimum Gasteiger partial charge on any atom is -0.300 e. The Morgan fingerprint density at radius 1 is 1.11 bits per heavy atom. The standard InChI is InChI=1S/C20H17N3O3S/c1-13-7-5-8-14(2)18(13)21-20-22-19(24)17(27-20)12-6-10-15-9-3-4-11-16(15)23(25)26/h3-12H,1-2H3,(H,21,22,24)/b10-6+,17-12+. The van der Waals surface area contributed by atoms with Crippen LogP contribution < -0.4 is 5.32 Å². The van der Waals surface area contributed by atoms with Crippen LogP contribution in [0.5, 0.6) is 0 Å². The number of nitro benzene ring substituents is 1. The lowest BCUT2D eigenvalue weighted by molar-refractivity contribution is -0.385. The molecule has 2 aromatic rings. The molecule has 2 aromatic carbocycles. The number of nitrogens with one attached hydrogen (secondary N) is 1. The first-order valence-electron chi connectivity index (χ1n) is 8.21. The number of benzene rings is 2. The molecule has 0 aromatic heterocycles. The number of nitrogens with zero attached hydrogens (tertiary/aromatic N) is 2. The Morgan fingerprint density at radius 2 is 1.81 bits per heavy atom. The molecule has 0 saturated carbocycles. The molecule has 1 amide bonds. The van der Waals surface area contributed by atoms with Crippen molar-refractivity contribution in [2.45, 2.75) is 13.8 Å². The molecule has 1 aliphatic rings. The molecule has 3 rings (SSSR count). The van der Waals surface area contributed by atoms with Crippen molar-refractivity contribution >= 4 is 40.3 Å². The molecule has 27 heavy (non-hydrogen) atoms.